The predicted octanol–water partition coefficient (Wildman–Crippen LogP) is 4.43. The maximum absolute atomic E-state index is 12.8. The zero-order valence-electron chi connectivity index (χ0n) is 16.1. The predicted molar refractivity (Wildman–Crippen MR) is 102 cm³/mol. The Kier molecular flexibility index (Phi) is 14.4. The van der Waals surface area contributed by atoms with E-state index in [-0.39, 0.29) is 12.3 Å². The molecule has 24 heavy (non-hydrogen) atoms. The number of rotatable bonds is 15. The average Bonchev–Trinajstić information content (AvgIpc) is 2.56. The molecule has 0 aromatic rings. The third-order valence-electron chi connectivity index (χ3n) is 4.21. The van der Waals surface area contributed by atoms with Gasteiger partial charge in [-0.25, -0.2) is 0 Å². The normalized spacial score (nSPS) is 12.5. The average molecular weight is 339 g/mol. The lowest BCUT2D eigenvalue weighted by Crippen LogP contribution is -2.38. The molecular weight excluding hydrogens is 300 g/mol. The molecule has 2 amide bonds. The Labute approximate surface area is 148 Å². The number of primary amides is 1. The van der Waals surface area contributed by atoms with Crippen LogP contribution in [0.15, 0.2) is 12.2 Å². The van der Waals surface area contributed by atoms with Crippen molar-refractivity contribution in [2.45, 2.75) is 85.0 Å². The number of allylic oxidation sites excluding steroid dienone is 1. The highest BCUT2D eigenvalue weighted by molar-refractivity contribution is 5.86. The summed E-state index contributed by atoms with van der Waals surface area (Å²) < 4.78 is 0. The van der Waals surface area contributed by atoms with Crippen LogP contribution in [0.3, 0.4) is 0 Å². The van der Waals surface area contributed by atoms with Gasteiger partial charge < -0.3 is 10.6 Å². The van der Waals surface area contributed by atoms with Gasteiger partial charge in [-0.3, -0.25) is 9.59 Å². The van der Waals surface area contributed by atoms with Crippen LogP contribution in [0.1, 0.15) is 85.0 Å². The molecule has 0 radical (unpaired) electrons. The maximum Gasteiger partial charge on any atom is 0.230 e. The summed E-state index contributed by atoms with van der Waals surface area (Å²) in [4.78, 5) is 26.1. The second-order valence-corrected chi connectivity index (χ2v) is 6.59. The Balaban J connectivity index is 4.73. The lowest BCUT2D eigenvalue weighted by atomic mass is 10.0. The first kappa shape index (κ1) is 22.7. The summed E-state index contributed by atoms with van der Waals surface area (Å²) in [5, 5.41) is 0. The minimum atomic E-state index is -0.407. The fraction of sp³-hybridized carbons (Fsp3) is 0.800. The molecule has 0 fully saturated rings. The number of hydrogen-bond acceptors (Lipinski definition) is 2. The summed E-state index contributed by atoms with van der Waals surface area (Å²) in [6.07, 6.45) is 14.0. The minimum absolute atomic E-state index is 0.0560. The molecule has 0 rings (SSSR count). The SMILES string of the molecule is CCCCCCC=CC(CC(N)=O)C(=O)N(CCCC)CCCC. The molecule has 0 saturated carbocycles. The van der Waals surface area contributed by atoms with Crippen LogP contribution in [0.4, 0.5) is 0 Å². The lowest BCUT2D eigenvalue weighted by molar-refractivity contribution is -0.136. The summed E-state index contributed by atoms with van der Waals surface area (Å²) in [6.45, 7) is 7.99. The van der Waals surface area contributed by atoms with Gasteiger partial charge in [0.05, 0.1) is 5.92 Å². The van der Waals surface area contributed by atoms with Crippen LogP contribution < -0.4 is 5.73 Å². The van der Waals surface area contributed by atoms with Crippen LogP contribution >= 0.6 is 0 Å². The van der Waals surface area contributed by atoms with Crippen molar-refractivity contribution in [3.8, 4) is 0 Å². The van der Waals surface area contributed by atoms with Crippen molar-refractivity contribution in [3.05, 3.63) is 12.2 Å². The van der Waals surface area contributed by atoms with E-state index in [1.807, 2.05) is 11.0 Å². The largest absolute Gasteiger partial charge is 0.370 e. The zero-order valence-corrected chi connectivity index (χ0v) is 16.1. The van der Waals surface area contributed by atoms with Gasteiger partial charge in [-0.2, -0.15) is 0 Å². The fourth-order valence-electron chi connectivity index (χ4n) is 2.67. The molecule has 0 bridgehead atoms. The highest BCUT2D eigenvalue weighted by Crippen LogP contribution is 2.14. The Bertz CT molecular complexity index is 359. The molecule has 0 spiro atoms. The van der Waals surface area contributed by atoms with Gasteiger partial charge in [-0.1, -0.05) is 65.0 Å². The number of nitrogens with two attached hydrogens (primary N) is 1. The van der Waals surface area contributed by atoms with E-state index < -0.39 is 11.8 Å². The van der Waals surface area contributed by atoms with Crippen LogP contribution in [0.5, 0.6) is 0 Å². The van der Waals surface area contributed by atoms with Crippen molar-refractivity contribution in [2.75, 3.05) is 13.1 Å². The van der Waals surface area contributed by atoms with Crippen molar-refractivity contribution < 1.29 is 9.59 Å². The summed E-state index contributed by atoms with van der Waals surface area (Å²) in [6, 6.07) is 0. The summed E-state index contributed by atoms with van der Waals surface area (Å²) >= 11 is 0. The molecule has 0 aromatic heterocycles. The standard InChI is InChI=1S/C20H38N2O2/c1-4-7-10-11-12-13-14-18(17-19(21)23)20(24)22(15-8-5-2)16-9-6-3/h13-14,18H,4-12,15-17H2,1-3H3,(H2,21,23). The van der Waals surface area contributed by atoms with Crippen molar-refractivity contribution in [2.24, 2.45) is 11.7 Å². The molecule has 140 valence electrons. The maximum atomic E-state index is 12.8. The molecule has 2 N–H and O–H groups in total. The number of unbranched alkanes of at least 4 members (excludes halogenated alkanes) is 6. The van der Waals surface area contributed by atoms with E-state index in [0.717, 1.165) is 51.6 Å². The molecule has 1 atom stereocenters. The van der Waals surface area contributed by atoms with E-state index in [4.69, 9.17) is 5.73 Å². The van der Waals surface area contributed by atoms with Crippen molar-refractivity contribution >= 4 is 11.8 Å². The monoisotopic (exact) mass is 338 g/mol. The molecule has 0 aliphatic heterocycles. The van der Waals surface area contributed by atoms with Crippen LogP contribution in [0.25, 0.3) is 0 Å². The minimum Gasteiger partial charge on any atom is -0.370 e. The van der Waals surface area contributed by atoms with Gasteiger partial charge in [0.2, 0.25) is 11.8 Å². The third-order valence-corrected chi connectivity index (χ3v) is 4.21. The number of hydrogen-bond donors (Lipinski definition) is 1. The Morgan fingerprint density at radius 1 is 0.917 bits per heavy atom. The molecule has 4 heteroatoms. The molecule has 0 aliphatic rings. The first-order valence-electron chi connectivity index (χ1n) is 9.80. The smallest absolute Gasteiger partial charge is 0.230 e. The van der Waals surface area contributed by atoms with Gasteiger partial charge in [-0.05, 0) is 25.7 Å². The Morgan fingerprint density at radius 3 is 2.00 bits per heavy atom. The lowest BCUT2D eigenvalue weighted by Gasteiger charge is -2.25. The molecule has 0 heterocycles. The van der Waals surface area contributed by atoms with Gasteiger partial charge in [0.25, 0.3) is 0 Å². The van der Waals surface area contributed by atoms with E-state index in [9.17, 15) is 9.59 Å². The zero-order chi connectivity index (χ0) is 18.2. The molecule has 0 aliphatic carbocycles. The summed E-state index contributed by atoms with van der Waals surface area (Å²) in [5.74, 6) is -0.752. The number of amides is 2. The highest BCUT2D eigenvalue weighted by Gasteiger charge is 2.23. The second-order valence-electron chi connectivity index (χ2n) is 6.59. The number of carbonyl (C=O) groups is 2. The molecule has 4 nitrogen and oxygen atoms in total. The first-order chi connectivity index (χ1) is 11.6. The van der Waals surface area contributed by atoms with Crippen molar-refractivity contribution in [1.82, 2.24) is 4.90 Å². The molecule has 0 aromatic carbocycles. The van der Waals surface area contributed by atoms with E-state index >= 15 is 0 Å². The van der Waals surface area contributed by atoms with Gasteiger partial charge in [-0.15, -0.1) is 0 Å². The van der Waals surface area contributed by atoms with Gasteiger partial charge in [0, 0.05) is 19.5 Å². The number of carbonyl (C=O) groups excluding carboxylic acids is 2. The van der Waals surface area contributed by atoms with Crippen LogP contribution in [0.2, 0.25) is 0 Å². The summed E-state index contributed by atoms with van der Waals surface area (Å²) in [7, 11) is 0. The molecular formula is C20H38N2O2. The summed E-state index contributed by atoms with van der Waals surface area (Å²) in [5.41, 5.74) is 5.36. The quantitative estimate of drug-likeness (QED) is 0.354. The van der Waals surface area contributed by atoms with Crippen molar-refractivity contribution in [1.29, 1.82) is 0 Å². The highest BCUT2D eigenvalue weighted by atomic mass is 16.2. The van der Waals surface area contributed by atoms with Gasteiger partial charge >= 0.3 is 0 Å². The van der Waals surface area contributed by atoms with Gasteiger partial charge in [0.15, 0.2) is 0 Å². The molecule has 0 saturated heterocycles. The van der Waals surface area contributed by atoms with Crippen LogP contribution in [-0.2, 0) is 9.59 Å². The van der Waals surface area contributed by atoms with Crippen LogP contribution in [0, 0.1) is 5.92 Å². The topological polar surface area (TPSA) is 63.4 Å². The van der Waals surface area contributed by atoms with Crippen LogP contribution in [-0.4, -0.2) is 29.8 Å². The Hall–Kier alpha value is -1.32. The first-order valence-corrected chi connectivity index (χ1v) is 9.80. The van der Waals surface area contributed by atoms with E-state index in [1.54, 1.807) is 0 Å². The van der Waals surface area contributed by atoms with Gasteiger partial charge in [0.1, 0.15) is 0 Å². The van der Waals surface area contributed by atoms with E-state index in [1.165, 1.54) is 19.3 Å². The number of nitrogens with zero attached hydrogens (tertiary/aromatic N) is 1. The fourth-order valence-corrected chi connectivity index (χ4v) is 2.67. The second kappa shape index (κ2) is 15.2. The Morgan fingerprint density at radius 2 is 1.50 bits per heavy atom. The van der Waals surface area contributed by atoms with E-state index in [2.05, 4.69) is 26.8 Å². The third kappa shape index (κ3) is 11.3. The molecule has 1 unspecified atom stereocenters. The van der Waals surface area contributed by atoms with E-state index in [0.29, 0.717) is 0 Å². The van der Waals surface area contributed by atoms with Crippen molar-refractivity contribution in [3.63, 3.8) is 0 Å².